The van der Waals surface area contributed by atoms with E-state index in [0.29, 0.717) is 35.4 Å². The zero-order valence-corrected chi connectivity index (χ0v) is 18.3. The number of likely N-dealkylation sites (N-methyl/N-ethyl adjacent to an activating group) is 1. The molecule has 0 bridgehead atoms. The number of aromatic nitrogens is 4. The quantitative estimate of drug-likeness (QED) is 0.631. The number of hydrogen-bond donors (Lipinski definition) is 0. The summed E-state index contributed by atoms with van der Waals surface area (Å²) in [7, 11) is 4.08. The van der Waals surface area contributed by atoms with Gasteiger partial charge in [0.1, 0.15) is 5.82 Å². The molecular formula is C23H27FN6O. The molecule has 1 aromatic carbocycles. The fraction of sp³-hybridized carbons (Fsp3) is 0.391. The highest BCUT2D eigenvalue weighted by molar-refractivity contribution is 5.95. The number of carbonyl (C=O) groups is 1. The van der Waals surface area contributed by atoms with E-state index >= 15 is 0 Å². The monoisotopic (exact) mass is 422 g/mol. The van der Waals surface area contributed by atoms with E-state index in [1.165, 1.54) is 6.07 Å². The summed E-state index contributed by atoms with van der Waals surface area (Å²) in [6, 6.07) is 8.51. The van der Waals surface area contributed by atoms with Gasteiger partial charge in [-0.2, -0.15) is 5.10 Å². The predicted octanol–water partition coefficient (Wildman–Crippen LogP) is 3.37. The molecule has 0 saturated carbocycles. The van der Waals surface area contributed by atoms with Gasteiger partial charge in [0, 0.05) is 30.9 Å². The van der Waals surface area contributed by atoms with Crippen molar-refractivity contribution < 1.29 is 9.18 Å². The topological polar surface area (TPSA) is 67.2 Å². The molecule has 0 aliphatic carbocycles. The maximum Gasteiger partial charge on any atom is 0.257 e. The maximum absolute atomic E-state index is 14.3. The van der Waals surface area contributed by atoms with Crippen molar-refractivity contribution in [2.45, 2.75) is 32.2 Å². The molecule has 1 amide bonds. The normalized spacial score (nSPS) is 16.5. The Morgan fingerprint density at radius 2 is 2.00 bits per heavy atom. The van der Waals surface area contributed by atoms with E-state index in [0.717, 1.165) is 18.7 Å². The summed E-state index contributed by atoms with van der Waals surface area (Å²) in [5.41, 5.74) is 2.18. The molecule has 1 fully saturated rings. The van der Waals surface area contributed by atoms with Crippen LogP contribution in [-0.2, 0) is 0 Å². The molecule has 0 N–H and O–H groups in total. The first-order chi connectivity index (χ1) is 14.9. The molecule has 0 unspecified atom stereocenters. The molecule has 3 heterocycles. The van der Waals surface area contributed by atoms with E-state index in [1.54, 1.807) is 41.3 Å². The van der Waals surface area contributed by atoms with Gasteiger partial charge in [0.05, 0.1) is 23.1 Å². The average molecular weight is 423 g/mol. The second-order valence-electron chi connectivity index (χ2n) is 8.39. The molecule has 1 atom stereocenters. The van der Waals surface area contributed by atoms with Crippen LogP contribution in [0.25, 0.3) is 17.2 Å². The van der Waals surface area contributed by atoms with Crippen LogP contribution in [0.5, 0.6) is 0 Å². The van der Waals surface area contributed by atoms with Gasteiger partial charge >= 0.3 is 0 Å². The van der Waals surface area contributed by atoms with Crippen LogP contribution in [-0.4, -0.2) is 68.7 Å². The molecule has 2 aromatic heterocycles. The van der Waals surface area contributed by atoms with E-state index in [1.807, 2.05) is 32.8 Å². The van der Waals surface area contributed by atoms with Crippen molar-refractivity contribution >= 4 is 5.91 Å². The molecule has 7 nitrogen and oxygen atoms in total. The molecule has 0 radical (unpaired) electrons. The maximum atomic E-state index is 14.3. The molecule has 1 aliphatic rings. The van der Waals surface area contributed by atoms with Gasteiger partial charge in [0.15, 0.2) is 0 Å². The van der Waals surface area contributed by atoms with Gasteiger partial charge < -0.3 is 9.80 Å². The summed E-state index contributed by atoms with van der Waals surface area (Å²) >= 11 is 0. The first-order valence-electron chi connectivity index (χ1n) is 10.5. The summed E-state index contributed by atoms with van der Waals surface area (Å²) in [5, 5.41) is 4.45. The van der Waals surface area contributed by atoms with Crippen molar-refractivity contribution in [1.82, 2.24) is 29.5 Å². The minimum absolute atomic E-state index is 0.0226. The van der Waals surface area contributed by atoms with Gasteiger partial charge in [0.2, 0.25) is 0 Å². The van der Waals surface area contributed by atoms with Crippen LogP contribution in [0.4, 0.5) is 4.39 Å². The molecule has 31 heavy (non-hydrogen) atoms. The van der Waals surface area contributed by atoms with Crippen LogP contribution in [0, 0.1) is 5.82 Å². The van der Waals surface area contributed by atoms with Gasteiger partial charge in [0.25, 0.3) is 11.9 Å². The third-order valence-electron chi connectivity index (χ3n) is 5.75. The number of amides is 1. The molecular weight excluding hydrogens is 395 g/mol. The summed E-state index contributed by atoms with van der Waals surface area (Å²) in [5.74, 6) is -0.0351. The Morgan fingerprint density at radius 1 is 1.23 bits per heavy atom. The number of nitrogens with zero attached hydrogens (tertiary/aromatic N) is 6. The highest BCUT2D eigenvalue weighted by Gasteiger charge is 2.31. The summed E-state index contributed by atoms with van der Waals surface area (Å²) in [6.45, 7) is 5.45. The van der Waals surface area contributed by atoms with Crippen molar-refractivity contribution in [3.8, 4) is 17.2 Å². The number of carbonyl (C=O) groups excluding carboxylic acids is 1. The first-order valence-corrected chi connectivity index (χ1v) is 10.5. The van der Waals surface area contributed by atoms with Crippen LogP contribution in [0.3, 0.4) is 0 Å². The third kappa shape index (κ3) is 4.07. The molecule has 0 spiro atoms. The van der Waals surface area contributed by atoms with Crippen molar-refractivity contribution in [3.05, 3.63) is 59.8 Å². The standard InChI is InChI=1S/C23H27FN6O/c1-15(2)21-18(22(31)29-12-10-16(14-29)28(3)4)13-26-30(21)23-25-11-9-20(27-23)17-7-5-6-8-19(17)24/h5-9,11,13,15-16H,10,12,14H2,1-4H3/t16-/m0/s1. The van der Waals surface area contributed by atoms with Crippen LogP contribution >= 0.6 is 0 Å². The molecule has 3 aromatic rings. The average Bonchev–Trinajstić information content (AvgIpc) is 3.41. The lowest BCUT2D eigenvalue weighted by atomic mass is 10.1. The second kappa shape index (κ2) is 8.55. The van der Waals surface area contributed by atoms with Crippen LogP contribution in [0.15, 0.2) is 42.7 Å². The number of rotatable bonds is 5. The Bertz CT molecular complexity index is 1090. The second-order valence-corrected chi connectivity index (χ2v) is 8.39. The smallest absolute Gasteiger partial charge is 0.257 e. The fourth-order valence-corrected chi connectivity index (χ4v) is 4.03. The first kappa shape index (κ1) is 21.1. The fourth-order valence-electron chi connectivity index (χ4n) is 4.03. The summed E-state index contributed by atoms with van der Waals surface area (Å²) < 4.78 is 15.9. The van der Waals surface area contributed by atoms with Crippen LogP contribution < -0.4 is 0 Å². The predicted molar refractivity (Wildman–Crippen MR) is 117 cm³/mol. The number of hydrogen-bond acceptors (Lipinski definition) is 5. The van der Waals surface area contributed by atoms with Crippen molar-refractivity contribution in [2.75, 3.05) is 27.2 Å². The van der Waals surface area contributed by atoms with Gasteiger partial charge in [-0.15, -0.1) is 0 Å². The van der Waals surface area contributed by atoms with Gasteiger partial charge in [-0.3, -0.25) is 4.79 Å². The Labute approximate surface area is 181 Å². The molecule has 8 heteroatoms. The van der Waals surface area contributed by atoms with Gasteiger partial charge in [-0.25, -0.2) is 19.0 Å². The highest BCUT2D eigenvalue weighted by atomic mass is 19.1. The minimum Gasteiger partial charge on any atom is -0.337 e. The Morgan fingerprint density at radius 3 is 2.68 bits per heavy atom. The van der Waals surface area contributed by atoms with E-state index < -0.39 is 0 Å². The lowest BCUT2D eigenvalue weighted by molar-refractivity contribution is 0.0781. The van der Waals surface area contributed by atoms with E-state index in [2.05, 4.69) is 20.0 Å². The van der Waals surface area contributed by atoms with E-state index in [9.17, 15) is 9.18 Å². The number of halogens is 1. The Kier molecular flexibility index (Phi) is 5.82. The minimum atomic E-state index is -0.350. The molecule has 162 valence electrons. The number of benzene rings is 1. The Balaban J connectivity index is 1.70. The SMILES string of the molecule is CC(C)c1c(C(=O)N2CC[C@H](N(C)C)C2)cnn1-c1nccc(-c2ccccc2F)n1. The van der Waals surface area contributed by atoms with Crippen molar-refractivity contribution in [2.24, 2.45) is 0 Å². The molecule has 1 saturated heterocycles. The lowest BCUT2D eigenvalue weighted by Crippen LogP contribution is -2.34. The third-order valence-corrected chi connectivity index (χ3v) is 5.75. The zero-order chi connectivity index (χ0) is 22.1. The largest absolute Gasteiger partial charge is 0.337 e. The lowest BCUT2D eigenvalue weighted by Gasteiger charge is -2.21. The summed E-state index contributed by atoms with van der Waals surface area (Å²) in [6.07, 6.45) is 4.14. The van der Waals surface area contributed by atoms with Crippen LogP contribution in [0.2, 0.25) is 0 Å². The van der Waals surface area contributed by atoms with Gasteiger partial charge in [-0.1, -0.05) is 26.0 Å². The zero-order valence-electron chi connectivity index (χ0n) is 18.3. The van der Waals surface area contributed by atoms with E-state index in [4.69, 9.17) is 0 Å². The van der Waals surface area contributed by atoms with Crippen molar-refractivity contribution in [1.29, 1.82) is 0 Å². The van der Waals surface area contributed by atoms with E-state index in [-0.39, 0.29) is 17.6 Å². The molecule has 4 rings (SSSR count). The highest BCUT2D eigenvalue weighted by Crippen LogP contribution is 2.26. The molecule has 1 aliphatic heterocycles. The Hall–Kier alpha value is -3.13. The van der Waals surface area contributed by atoms with Crippen molar-refractivity contribution in [3.63, 3.8) is 0 Å². The van der Waals surface area contributed by atoms with Gasteiger partial charge in [-0.05, 0) is 44.6 Å². The summed E-state index contributed by atoms with van der Waals surface area (Å²) in [4.78, 5) is 26.2. The number of likely N-dealkylation sites (tertiary alicyclic amines) is 1. The van der Waals surface area contributed by atoms with Crippen LogP contribution in [0.1, 0.15) is 42.2 Å².